The Labute approximate surface area is 186 Å². The number of benzene rings is 3. The van der Waals surface area contributed by atoms with Gasteiger partial charge in [-0.1, -0.05) is 41.4 Å². The van der Waals surface area contributed by atoms with Crippen LogP contribution < -0.4 is 14.4 Å². The molecule has 0 radical (unpaired) electrons. The van der Waals surface area contributed by atoms with Crippen molar-refractivity contribution in [3.8, 4) is 5.75 Å². The average molecular weight is 457 g/mol. The number of nitrogens with one attached hydrogen (secondary N) is 1. The summed E-state index contributed by atoms with van der Waals surface area (Å²) in [6, 6.07) is 18.6. The summed E-state index contributed by atoms with van der Waals surface area (Å²) in [5.41, 5.74) is 2.75. The van der Waals surface area contributed by atoms with Crippen molar-refractivity contribution in [1.82, 2.24) is 0 Å². The maximum atomic E-state index is 13.5. The lowest BCUT2D eigenvalue weighted by Crippen LogP contribution is -2.48. The van der Waals surface area contributed by atoms with Crippen molar-refractivity contribution in [3.63, 3.8) is 0 Å². The van der Waals surface area contributed by atoms with E-state index in [2.05, 4.69) is 5.32 Å². The van der Waals surface area contributed by atoms with Gasteiger partial charge in [-0.15, -0.1) is 0 Å². The molecule has 31 heavy (non-hydrogen) atoms. The zero-order valence-electron chi connectivity index (χ0n) is 17.0. The first-order valence-corrected chi connectivity index (χ1v) is 11.5. The second kappa shape index (κ2) is 8.24. The summed E-state index contributed by atoms with van der Waals surface area (Å²) in [7, 11) is -3.90. The molecule has 1 N–H and O–H groups in total. The van der Waals surface area contributed by atoms with Gasteiger partial charge in [0.05, 0.1) is 17.1 Å². The molecule has 4 rings (SSSR count). The Kier molecular flexibility index (Phi) is 5.64. The Hall–Kier alpha value is -3.03. The van der Waals surface area contributed by atoms with Gasteiger partial charge in [-0.3, -0.25) is 9.10 Å². The number of hydrogen-bond acceptors (Lipinski definition) is 4. The molecule has 0 saturated heterocycles. The third-order valence-electron chi connectivity index (χ3n) is 4.98. The highest BCUT2D eigenvalue weighted by Crippen LogP contribution is 2.38. The largest absolute Gasteiger partial charge is 0.476 e. The smallest absolute Gasteiger partial charge is 0.267 e. The van der Waals surface area contributed by atoms with Crippen molar-refractivity contribution in [3.05, 3.63) is 82.9 Å². The zero-order chi connectivity index (χ0) is 22.2. The highest BCUT2D eigenvalue weighted by molar-refractivity contribution is 7.92. The molecule has 1 heterocycles. The molecule has 0 fully saturated rings. The quantitative estimate of drug-likeness (QED) is 0.624. The van der Waals surface area contributed by atoms with Gasteiger partial charge in [-0.25, -0.2) is 8.42 Å². The summed E-state index contributed by atoms with van der Waals surface area (Å²) in [5, 5.41) is 3.22. The van der Waals surface area contributed by atoms with Crippen LogP contribution in [0.2, 0.25) is 5.02 Å². The normalized spacial score (nSPS) is 15.7. The van der Waals surface area contributed by atoms with Crippen molar-refractivity contribution in [2.24, 2.45) is 0 Å². The van der Waals surface area contributed by atoms with Gasteiger partial charge in [0, 0.05) is 10.7 Å². The lowest BCUT2D eigenvalue weighted by molar-refractivity contribution is -0.122. The highest BCUT2D eigenvalue weighted by Gasteiger charge is 2.37. The molecule has 1 aliphatic rings. The van der Waals surface area contributed by atoms with E-state index in [0.717, 1.165) is 11.1 Å². The third kappa shape index (κ3) is 4.38. The number of nitrogens with zero attached hydrogens (tertiary/aromatic N) is 1. The standard InChI is InChI=1S/C23H21ClN2O4S/c1-15-6-9-19(10-7-15)31(28,29)26-14-22(30-21-11-8-16(2)12-20(21)26)23(27)25-18-5-3-4-17(24)13-18/h3-13,22H,14H2,1-2H3,(H,25,27)/t22-/m1/s1. The lowest BCUT2D eigenvalue weighted by Gasteiger charge is -2.35. The summed E-state index contributed by atoms with van der Waals surface area (Å²) in [4.78, 5) is 13.1. The second-order valence-electron chi connectivity index (χ2n) is 7.43. The number of anilines is 2. The molecule has 0 unspecified atom stereocenters. The molecular formula is C23H21ClN2O4S. The minimum Gasteiger partial charge on any atom is -0.476 e. The maximum absolute atomic E-state index is 13.5. The third-order valence-corrected chi connectivity index (χ3v) is 7.01. The van der Waals surface area contributed by atoms with Crippen molar-refractivity contribution in [1.29, 1.82) is 0 Å². The van der Waals surface area contributed by atoms with Crippen LogP contribution in [0.4, 0.5) is 11.4 Å². The van der Waals surface area contributed by atoms with E-state index in [1.165, 1.54) is 4.31 Å². The predicted octanol–water partition coefficient (Wildman–Crippen LogP) is 4.55. The van der Waals surface area contributed by atoms with Crippen molar-refractivity contribution in [2.75, 3.05) is 16.2 Å². The number of aryl methyl sites for hydroxylation is 2. The molecule has 1 atom stereocenters. The number of carbonyl (C=O) groups excluding carboxylic acids is 1. The molecule has 0 bridgehead atoms. The molecule has 3 aromatic carbocycles. The fourth-order valence-corrected chi connectivity index (χ4v) is 5.01. The maximum Gasteiger partial charge on any atom is 0.267 e. The van der Waals surface area contributed by atoms with Crippen LogP contribution in [-0.4, -0.2) is 27.0 Å². The molecule has 0 saturated carbocycles. The Morgan fingerprint density at radius 3 is 2.45 bits per heavy atom. The van der Waals surface area contributed by atoms with Gasteiger partial charge < -0.3 is 10.1 Å². The van der Waals surface area contributed by atoms with Crippen LogP contribution in [0.3, 0.4) is 0 Å². The fourth-order valence-electron chi connectivity index (χ4n) is 3.35. The van der Waals surface area contributed by atoms with E-state index in [0.29, 0.717) is 22.1 Å². The molecule has 8 heteroatoms. The second-order valence-corrected chi connectivity index (χ2v) is 9.73. The molecule has 160 valence electrons. The predicted molar refractivity (Wildman–Crippen MR) is 121 cm³/mol. The average Bonchev–Trinajstić information content (AvgIpc) is 2.73. The number of rotatable bonds is 4. The number of fused-ring (bicyclic) bond motifs is 1. The van der Waals surface area contributed by atoms with Crippen molar-refractivity contribution < 1.29 is 17.9 Å². The summed E-state index contributed by atoms with van der Waals surface area (Å²) in [6.45, 7) is 3.61. The fraction of sp³-hybridized carbons (Fsp3) is 0.174. The van der Waals surface area contributed by atoms with Crippen molar-refractivity contribution in [2.45, 2.75) is 24.8 Å². The molecule has 0 spiro atoms. The van der Waals surface area contributed by atoms with E-state index in [-0.39, 0.29) is 11.4 Å². The van der Waals surface area contributed by atoms with Crippen LogP contribution in [0.15, 0.2) is 71.6 Å². The van der Waals surface area contributed by atoms with Gasteiger partial charge in [-0.05, 0) is 61.9 Å². The first-order chi connectivity index (χ1) is 14.7. The monoisotopic (exact) mass is 456 g/mol. The van der Waals surface area contributed by atoms with Gasteiger partial charge in [0.2, 0.25) is 0 Å². The number of amides is 1. The molecule has 3 aromatic rings. The number of hydrogen-bond donors (Lipinski definition) is 1. The Morgan fingerprint density at radius 1 is 1.03 bits per heavy atom. The first kappa shape index (κ1) is 21.2. The Bertz CT molecular complexity index is 1240. The van der Waals surface area contributed by atoms with Crippen LogP contribution in [0.1, 0.15) is 11.1 Å². The molecule has 0 aromatic heterocycles. The Morgan fingerprint density at radius 2 is 1.74 bits per heavy atom. The number of carbonyl (C=O) groups is 1. The van der Waals surface area contributed by atoms with Crippen LogP contribution >= 0.6 is 11.6 Å². The van der Waals surface area contributed by atoms with Crippen LogP contribution in [0.25, 0.3) is 0 Å². The van der Waals surface area contributed by atoms with Crippen molar-refractivity contribution >= 4 is 38.9 Å². The van der Waals surface area contributed by atoms with Gasteiger partial charge in [0.1, 0.15) is 5.75 Å². The zero-order valence-corrected chi connectivity index (χ0v) is 18.6. The number of sulfonamides is 1. The van der Waals surface area contributed by atoms with Gasteiger partial charge in [-0.2, -0.15) is 0 Å². The van der Waals surface area contributed by atoms with E-state index < -0.39 is 22.0 Å². The van der Waals surface area contributed by atoms with E-state index >= 15 is 0 Å². The molecule has 6 nitrogen and oxygen atoms in total. The number of ether oxygens (including phenoxy) is 1. The van der Waals surface area contributed by atoms with Crippen LogP contribution in [-0.2, 0) is 14.8 Å². The first-order valence-electron chi connectivity index (χ1n) is 9.67. The summed E-state index contributed by atoms with van der Waals surface area (Å²) >= 11 is 5.99. The summed E-state index contributed by atoms with van der Waals surface area (Å²) in [5.74, 6) is -0.128. The topological polar surface area (TPSA) is 75.7 Å². The number of halogens is 1. The molecule has 1 aliphatic heterocycles. The minimum atomic E-state index is -3.90. The molecule has 1 amide bonds. The van der Waals surface area contributed by atoms with E-state index in [1.807, 2.05) is 19.9 Å². The van der Waals surface area contributed by atoms with Gasteiger partial charge in [0.25, 0.3) is 15.9 Å². The summed E-state index contributed by atoms with van der Waals surface area (Å²) in [6.07, 6.45) is -1.03. The Balaban J connectivity index is 1.70. The SMILES string of the molecule is Cc1ccc(S(=O)(=O)N2C[C@H](C(=O)Nc3cccc(Cl)c3)Oc3ccc(C)cc32)cc1. The lowest BCUT2D eigenvalue weighted by atomic mass is 10.1. The highest BCUT2D eigenvalue weighted by atomic mass is 35.5. The van der Waals surface area contributed by atoms with Gasteiger partial charge in [0.15, 0.2) is 6.10 Å². The van der Waals surface area contributed by atoms with Crippen LogP contribution in [0.5, 0.6) is 5.75 Å². The van der Waals surface area contributed by atoms with Gasteiger partial charge >= 0.3 is 0 Å². The molecule has 0 aliphatic carbocycles. The minimum absolute atomic E-state index is 0.154. The molecular weight excluding hydrogens is 436 g/mol. The van der Waals surface area contributed by atoms with E-state index in [1.54, 1.807) is 60.7 Å². The summed E-state index contributed by atoms with van der Waals surface area (Å²) < 4.78 is 34.1. The van der Waals surface area contributed by atoms with Crippen LogP contribution in [0, 0.1) is 13.8 Å². The van der Waals surface area contributed by atoms with E-state index in [9.17, 15) is 13.2 Å². The van der Waals surface area contributed by atoms with E-state index in [4.69, 9.17) is 16.3 Å².